The molecule has 8 heteroatoms. The fourth-order valence-corrected chi connectivity index (χ4v) is 3.52. The quantitative estimate of drug-likeness (QED) is 0.662. The van der Waals surface area contributed by atoms with Crippen LogP contribution in [-0.2, 0) is 0 Å². The lowest BCUT2D eigenvalue weighted by atomic mass is 10.1. The van der Waals surface area contributed by atoms with Gasteiger partial charge in [-0.3, -0.25) is 0 Å². The first-order valence-electron chi connectivity index (χ1n) is 7.68. The van der Waals surface area contributed by atoms with Crippen molar-refractivity contribution < 1.29 is 8.78 Å². The maximum atomic E-state index is 14.4. The van der Waals surface area contributed by atoms with Crippen LogP contribution in [0.4, 0.5) is 14.6 Å². The highest BCUT2D eigenvalue weighted by molar-refractivity contribution is 6.33. The van der Waals surface area contributed by atoms with Gasteiger partial charge >= 0.3 is 0 Å². The second-order valence-electron chi connectivity index (χ2n) is 5.85. The van der Waals surface area contributed by atoms with Crippen molar-refractivity contribution in [3.63, 3.8) is 0 Å². The molecule has 0 N–H and O–H groups in total. The molecule has 0 bridgehead atoms. The summed E-state index contributed by atoms with van der Waals surface area (Å²) in [6, 6.07) is 3.93. The van der Waals surface area contributed by atoms with Gasteiger partial charge in [0.2, 0.25) is 0 Å². The van der Waals surface area contributed by atoms with E-state index in [1.54, 1.807) is 0 Å². The highest BCUT2D eigenvalue weighted by Gasteiger charge is 2.30. The fraction of sp³-hybridized carbons (Fsp3) is 0.312. The van der Waals surface area contributed by atoms with E-state index >= 15 is 0 Å². The van der Waals surface area contributed by atoms with Crippen LogP contribution < -0.4 is 4.90 Å². The van der Waals surface area contributed by atoms with Gasteiger partial charge in [-0.25, -0.2) is 8.78 Å². The minimum absolute atomic E-state index is 0.00796. The van der Waals surface area contributed by atoms with Gasteiger partial charge in [0.25, 0.3) is 5.78 Å². The van der Waals surface area contributed by atoms with Gasteiger partial charge in [-0.05, 0) is 31.9 Å². The SMILES string of the molecule is CC1CCCN1c1c(-c2c(F)cccc2F)c(Cl)nc2ncnn12. The highest BCUT2D eigenvalue weighted by Crippen LogP contribution is 2.41. The number of halogens is 3. The summed E-state index contributed by atoms with van der Waals surface area (Å²) in [5.41, 5.74) is 0.0144. The van der Waals surface area contributed by atoms with Crippen molar-refractivity contribution in [3.8, 4) is 11.1 Å². The van der Waals surface area contributed by atoms with E-state index in [2.05, 4.69) is 26.9 Å². The highest BCUT2D eigenvalue weighted by atomic mass is 35.5. The van der Waals surface area contributed by atoms with Gasteiger partial charge in [0.1, 0.15) is 28.9 Å². The van der Waals surface area contributed by atoms with Gasteiger partial charge in [-0.1, -0.05) is 17.7 Å². The number of hydrogen-bond acceptors (Lipinski definition) is 4. The molecule has 1 atom stereocenters. The zero-order chi connectivity index (χ0) is 16.8. The lowest BCUT2D eigenvalue weighted by Gasteiger charge is -2.27. The van der Waals surface area contributed by atoms with Crippen LogP contribution >= 0.6 is 11.6 Å². The second-order valence-corrected chi connectivity index (χ2v) is 6.21. The van der Waals surface area contributed by atoms with Gasteiger partial charge in [0.05, 0.1) is 11.1 Å². The summed E-state index contributed by atoms with van der Waals surface area (Å²) in [5, 5.41) is 4.19. The number of fused-ring (bicyclic) bond motifs is 1. The predicted molar refractivity (Wildman–Crippen MR) is 87.2 cm³/mol. The minimum atomic E-state index is -0.689. The smallest absolute Gasteiger partial charge is 0.255 e. The molecule has 1 aliphatic heterocycles. The zero-order valence-electron chi connectivity index (χ0n) is 12.9. The van der Waals surface area contributed by atoms with E-state index < -0.39 is 11.6 Å². The molecule has 0 aliphatic carbocycles. The molecule has 3 heterocycles. The van der Waals surface area contributed by atoms with Crippen LogP contribution in [0.5, 0.6) is 0 Å². The first-order valence-corrected chi connectivity index (χ1v) is 8.06. The summed E-state index contributed by atoms with van der Waals surface area (Å²) in [4.78, 5) is 10.3. The molecule has 0 saturated carbocycles. The van der Waals surface area contributed by atoms with Crippen molar-refractivity contribution in [1.29, 1.82) is 0 Å². The molecule has 1 aromatic carbocycles. The van der Waals surface area contributed by atoms with Gasteiger partial charge in [0, 0.05) is 12.6 Å². The lowest BCUT2D eigenvalue weighted by Crippen LogP contribution is -2.29. The van der Waals surface area contributed by atoms with E-state index in [1.165, 1.54) is 29.0 Å². The van der Waals surface area contributed by atoms with Crippen molar-refractivity contribution in [3.05, 3.63) is 41.3 Å². The molecular weight excluding hydrogens is 336 g/mol. The summed E-state index contributed by atoms with van der Waals surface area (Å²) < 4.78 is 30.3. The van der Waals surface area contributed by atoms with E-state index in [-0.39, 0.29) is 22.3 Å². The molecule has 3 aromatic rings. The summed E-state index contributed by atoms with van der Waals surface area (Å²) in [7, 11) is 0. The lowest BCUT2D eigenvalue weighted by molar-refractivity contribution is 0.589. The molecule has 124 valence electrons. The maximum absolute atomic E-state index is 14.4. The Bertz CT molecular complexity index is 906. The maximum Gasteiger partial charge on any atom is 0.255 e. The molecule has 1 aliphatic rings. The summed E-state index contributed by atoms with van der Waals surface area (Å²) in [6.45, 7) is 2.81. The molecule has 24 heavy (non-hydrogen) atoms. The molecule has 0 amide bonds. The molecule has 1 unspecified atom stereocenters. The Labute approximate surface area is 141 Å². The van der Waals surface area contributed by atoms with Crippen molar-refractivity contribution in [2.75, 3.05) is 11.4 Å². The zero-order valence-corrected chi connectivity index (χ0v) is 13.6. The summed E-state index contributed by atoms with van der Waals surface area (Å²) in [5.74, 6) is -0.552. The molecule has 0 radical (unpaired) electrons. The van der Waals surface area contributed by atoms with Crippen LogP contribution in [0.2, 0.25) is 5.15 Å². The first kappa shape index (κ1) is 15.3. The van der Waals surface area contributed by atoms with Crippen molar-refractivity contribution in [2.45, 2.75) is 25.8 Å². The van der Waals surface area contributed by atoms with Crippen LogP contribution in [0.1, 0.15) is 19.8 Å². The van der Waals surface area contributed by atoms with Crippen molar-refractivity contribution in [2.24, 2.45) is 0 Å². The monoisotopic (exact) mass is 349 g/mol. The van der Waals surface area contributed by atoms with Gasteiger partial charge in [0.15, 0.2) is 0 Å². The Kier molecular flexibility index (Phi) is 3.60. The van der Waals surface area contributed by atoms with E-state index in [0.29, 0.717) is 11.6 Å². The van der Waals surface area contributed by atoms with E-state index in [4.69, 9.17) is 11.6 Å². The Morgan fingerprint density at radius 2 is 1.96 bits per heavy atom. The van der Waals surface area contributed by atoms with Crippen LogP contribution in [0, 0.1) is 11.6 Å². The van der Waals surface area contributed by atoms with Gasteiger partial charge in [-0.2, -0.15) is 19.6 Å². The van der Waals surface area contributed by atoms with Crippen LogP contribution in [0.15, 0.2) is 24.5 Å². The van der Waals surface area contributed by atoms with E-state index in [1.807, 2.05) is 0 Å². The average molecular weight is 350 g/mol. The summed E-state index contributed by atoms with van der Waals surface area (Å²) >= 11 is 6.32. The molecule has 0 spiro atoms. The average Bonchev–Trinajstić information content (AvgIpc) is 3.16. The third-order valence-electron chi connectivity index (χ3n) is 4.40. The fourth-order valence-electron chi connectivity index (χ4n) is 3.27. The predicted octanol–water partition coefficient (Wildman–Crippen LogP) is 3.71. The van der Waals surface area contributed by atoms with Crippen LogP contribution in [-0.4, -0.2) is 32.2 Å². The normalized spacial score (nSPS) is 17.8. The van der Waals surface area contributed by atoms with Crippen molar-refractivity contribution in [1.82, 2.24) is 19.6 Å². The Hall–Kier alpha value is -2.28. The van der Waals surface area contributed by atoms with Gasteiger partial charge in [-0.15, -0.1) is 0 Å². The number of nitrogens with zero attached hydrogens (tertiary/aromatic N) is 5. The number of benzene rings is 1. The van der Waals surface area contributed by atoms with E-state index in [9.17, 15) is 8.78 Å². The third-order valence-corrected chi connectivity index (χ3v) is 4.67. The van der Waals surface area contributed by atoms with E-state index in [0.717, 1.165) is 19.4 Å². The Balaban J connectivity index is 2.09. The van der Waals surface area contributed by atoms with Gasteiger partial charge < -0.3 is 4.90 Å². The molecular formula is C16H14ClF2N5. The molecule has 1 saturated heterocycles. The number of aromatic nitrogens is 4. The standard InChI is InChI=1S/C16H14ClF2N5/c1-9-4-3-7-23(9)15-13(12-10(18)5-2-6-11(12)19)14(17)22-16-20-8-21-24(15)16/h2,5-6,8-9H,3-4,7H2,1H3. The number of anilines is 1. The first-order chi connectivity index (χ1) is 11.6. The Morgan fingerprint density at radius 3 is 2.62 bits per heavy atom. The third kappa shape index (κ3) is 2.23. The van der Waals surface area contributed by atoms with Crippen LogP contribution in [0.3, 0.4) is 0 Å². The van der Waals surface area contributed by atoms with Crippen LogP contribution in [0.25, 0.3) is 16.9 Å². The number of rotatable bonds is 2. The molecule has 4 rings (SSSR count). The molecule has 2 aromatic heterocycles. The summed E-state index contributed by atoms with van der Waals surface area (Å²) in [6.07, 6.45) is 3.32. The minimum Gasteiger partial charge on any atom is -0.353 e. The second kappa shape index (κ2) is 5.66. The van der Waals surface area contributed by atoms with Crippen molar-refractivity contribution >= 4 is 23.2 Å². The topological polar surface area (TPSA) is 46.3 Å². The largest absolute Gasteiger partial charge is 0.353 e. The molecule has 5 nitrogen and oxygen atoms in total. The Morgan fingerprint density at radius 1 is 1.21 bits per heavy atom. The number of hydrogen-bond donors (Lipinski definition) is 0. The molecule has 1 fully saturated rings.